The molecule has 0 saturated carbocycles. The van der Waals surface area contributed by atoms with Crippen LogP contribution in [0.5, 0.6) is 0 Å². The molecular formula is C6H9FN2. The van der Waals surface area contributed by atoms with Crippen molar-refractivity contribution in [3.63, 3.8) is 0 Å². The number of hydrogen-bond donors (Lipinski definition) is 0. The predicted octanol–water partition coefficient (Wildman–Crippen LogP) is 1.24. The van der Waals surface area contributed by atoms with Gasteiger partial charge in [-0.3, -0.25) is 0 Å². The van der Waals surface area contributed by atoms with E-state index < -0.39 is 6.17 Å². The van der Waals surface area contributed by atoms with E-state index in [0.29, 0.717) is 6.54 Å². The van der Waals surface area contributed by atoms with Gasteiger partial charge in [0, 0.05) is 12.4 Å². The minimum Gasteiger partial charge on any atom is -0.335 e. The molecule has 0 aliphatic carbocycles. The number of rotatable bonds is 2. The molecule has 0 N–H and O–H groups in total. The van der Waals surface area contributed by atoms with E-state index in [1.807, 2.05) is 0 Å². The summed E-state index contributed by atoms with van der Waals surface area (Å²) in [5, 5.41) is 0. The first kappa shape index (κ1) is 6.26. The largest absolute Gasteiger partial charge is 0.335 e. The Morgan fingerprint density at radius 2 is 2.56 bits per heavy atom. The topological polar surface area (TPSA) is 17.8 Å². The molecule has 1 aromatic rings. The van der Waals surface area contributed by atoms with Gasteiger partial charge in [-0.1, -0.05) is 0 Å². The summed E-state index contributed by atoms with van der Waals surface area (Å²) in [5.41, 5.74) is 0. The number of hydrogen-bond acceptors (Lipinski definition) is 1. The highest BCUT2D eigenvalue weighted by Crippen LogP contribution is 1.93. The first-order valence-corrected chi connectivity index (χ1v) is 2.89. The smallest absolute Gasteiger partial charge is 0.115 e. The van der Waals surface area contributed by atoms with Gasteiger partial charge in [-0.05, 0) is 6.92 Å². The van der Waals surface area contributed by atoms with Crippen LogP contribution in [0.3, 0.4) is 0 Å². The first-order chi connectivity index (χ1) is 4.29. The summed E-state index contributed by atoms with van der Waals surface area (Å²) in [7, 11) is 0. The van der Waals surface area contributed by atoms with Gasteiger partial charge in [0.25, 0.3) is 0 Å². The van der Waals surface area contributed by atoms with E-state index in [9.17, 15) is 4.39 Å². The molecule has 0 aliphatic heterocycles. The van der Waals surface area contributed by atoms with Gasteiger partial charge in [0.05, 0.1) is 12.9 Å². The highest BCUT2D eigenvalue weighted by molar-refractivity contribution is 4.74. The Hall–Kier alpha value is -0.860. The first-order valence-electron chi connectivity index (χ1n) is 2.89. The van der Waals surface area contributed by atoms with Crippen molar-refractivity contribution in [2.75, 3.05) is 0 Å². The number of aromatic nitrogens is 2. The maximum Gasteiger partial charge on any atom is 0.115 e. The predicted molar refractivity (Wildman–Crippen MR) is 32.8 cm³/mol. The van der Waals surface area contributed by atoms with E-state index in [1.165, 1.54) is 6.92 Å². The Kier molecular flexibility index (Phi) is 1.82. The standard InChI is InChI=1S/C6H9FN2/c1-6(7)4-9-3-2-8-5-9/h2-3,5-6H,4H2,1H3. The minimum atomic E-state index is -0.792. The maximum atomic E-state index is 12.2. The Bertz CT molecular complexity index is 158. The molecule has 0 aromatic carbocycles. The highest BCUT2D eigenvalue weighted by Gasteiger charge is 1.96. The number of alkyl halides is 1. The summed E-state index contributed by atoms with van der Waals surface area (Å²) in [4.78, 5) is 3.77. The van der Waals surface area contributed by atoms with Crippen LogP contribution >= 0.6 is 0 Å². The zero-order valence-electron chi connectivity index (χ0n) is 5.29. The summed E-state index contributed by atoms with van der Waals surface area (Å²) in [5.74, 6) is 0. The van der Waals surface area contributed by atoms with E-state index in [1.54, 1.807) is 23.3 Å². The third-order valence-electron chi connectivity index (χ3n) is 1.02. The van der Waals surface area contributed by atoms with E-state index in [0.717, 1.165) is 0 Å². The van der Waals surface area contributed by atoms with Gasteiger partial charge in [-0.15, -0.1) is 0 Å². The Labute approximate surface area is 53.3 Å². The molecule has 0 amide bonds. The number of nitrogens with zero attached hydrogens (tertiary/aromatic N) is 2. The second kappa shape index (κ2) is 2.62. The molecule has 0 spiro atoms. The summed E-state index contributed by atoms with van der Waals surface area (Å²) in [6.45, 7) is 1.93. The summed E-state index contributed by atoms with van der Waals surface area (Å²) in [6, 6.07) is 0. The molecule has 0 fully saturated rings. The molecule has 0 saturated heterocycles. The molecule has 0 aliphatic rings. The fourth-order valence-corrected chi connectivity index (χ4v) is 0.685. The molecule has 9 heavy (non-hydrogen) atoms. The van der Waals surface area contributed by atoms with Crippen LogP contribution in [0.15, 0.2) is 18.7 Å². The third kappa shape index (κ3) is 1.83. The lowest BCUT2D eigenvalue weighted by Crippen LogP contribution is -2.04. The van der Waals surface area contributed by atoms with E-state index >= 15 is 0 Å². The van der Waals surface area contributed by atoms with Crippen LogP contribution < -0.4 is 0 Å². The molecule has 1 unspecified atom stereocenters. The quantitative estimate of drug-likeness (QED) is 0.586. The normalized spacial score (nSPS) is 13.6. The molecule has 1 aromatic heterocycles. The van der Waals surface area contributed by atoms with E-state index in [4.69, 9.17) is 0 Å². The fourth-order valence-electron chi connectivity index (χ4n) is 0.685. The van der Waals surface area contributed by atoms with Gasteiger partial charge in [-0.2, -0.15) is 0 Å². The van der Waals surface area contributed by atoms with Gasteiger partial charge in [0.2, 0.25) is 0 Å². The maximum absolute atomic E-state index is 12.2. The molecule has 1 rings (SSSR count). The van der Waals surface area contributed by atoms with Crippen LogP contribution in [-0.2, 0) is 6.54 Å². The lowest BCUT2D eigenvalue weighted by Gasteiger charge is -2.00. The second-order valence-corrected chi connectivity index (χ2v) is 2.04. The fraction of sp³-hybridized carbons (Fsp3) is 0.500. The monoisotopic (exact) mass is 128 g/mol. The van der Waals surface area contributed by atoms with Crippen LogP contribution in [-0.4, -0.2) is 15.7 Å². The molecule has 2 nitrogen and oxygen atoms in total. The number of imidazole rings is 1. The van der Waals surface area contributed by atoms with Crippen molar-refractivity contribution in [3.8, 4) is 0 Å². The molecule has 0 radical (unpaired) electrons. The average Bonchev–Trinajstić information content (AvgIpc) is 2.15. The molecule has 3 heteroatoms. The van der Waals surface area contributed by atoms with Crippen LogP contribution in [0.4, 0.5) is 4.39 Å². The zero-order valence-corrected chi connectivity index (χ0v) is 5.29. The van der Waals surface area contributed by atoms with Crippen molar-refractivity contribution in [2.45, 2.75) is 19.6 Å². The highest BCUT2D eigenvalue weighted by atomic mass is 19.1. The van der Waals surface area contributed by atoms with Crippen molar-refractivity contribution >= 4 is 0 Å². The number of halogens is 1. The summed E-state index contributed by atoms with van der Waals surface area (Å²) >= 11 is 0. The van der Waals surface area contributed by atoms with Crippen molar-refractivity contribution in [1.82, 2.24) is 9.55 Å². The molecule has 50 valence electrons. The summed E-state index contributed by atoms with van der Waals surface area (Å²) < 4.78 is 13.9. The average molecular weight is 128 g/mol. The lowest BCUT2D eigenvalue weighted by atomic mass is 10.4. The van der Waals surface area contributed by atoms with E-state index in [2.05, 4.69) is 4.98 Å². The van der Waals surface area contributed by atoms with Crippen LogP contribution in [0, 0.1) is 0 Å². The molecular weight excluding hydrogens is 119 g/mol. The van der Waals surface area contributed by atoms with Gasteiger partial charge in [0.1, 0.15) is 6.17 Å². The molecule has 0 bridgehead atoms. The SMILES string of the molecule is CC(F)Cn1ccnc1. The Balaban J connectivity index is 2.48. The third-order valence-corrected chi connectivity index (χ3v) is 1.02. The van der Waals surface area contributed by atoms with Gasteiger partial charge in [0.15, 0.2) is 0 Å². The molecule has 1 heterocycles. The zero-order chi connectivity index (χ0) is 6.69. The van der Waals surface area contributed by atoms with Gasteiger partial charge in [-0.25, -0.2) is 9.37 Å². The van der Waals surface area contributed by atoms with Gasteiger partial charge < -0.3 is 4.57 Å². The van der Waals surface area contributed by atoms with Crippen molar-refractivity contribution in [3.05, 3.63) is 18.7 Å². The van der Waals surface area contributed by atoms with Crippen molar-refractivity contribution in [2.24, 2.45) is 0 Å². The van der Waals surface area contributed by atoms with Crippen molar-refractivity contribution < 1.29 is 4.39 Å². The van der Waals surface area contributed by atoms with Crippen LogP contribution in [0.2, 0.25) is 0 Å². The lowest BCUT2D eigenvalue weighted by molar-refractivity contribution is 0.320. The van der Waals surface area contributed by atoms with Crippen LogP contribution in [0.25, 0.3) is 0 Å². The second-order valence-electron chi connectivity index (χ2n) is 2.04. The Morgan fingerprint density at radius 3 is 3.00 bits per heavy atom. The van der Waals surface area contributed by atoms with E-state index in [-0.39, 0.29) is 0 Å². The summed E-state index contributed by atoms with van der Waals surface area (Å²) in [6.07, 6.45) is 4.20. The van der Waals surface area contributed by atoms with Gasteiger partial charge >= 0.3 is 0 Å². The van der Waals surface area contributed by atoms with Crippen LogP contribution in [0.1, 0.15) is 6.92 Å². The molecule has 1 atom stereocenters. The minimum absolute atomic E-state index is 0.403. The Morgan fingerprint density at radius 1 is 1.78 bits per heavy atom. The van der Waals surface area contributed by atoms with Crippen molar-refractivity contribution in [1.29, 1.82) is 0 Å².